The Balaban J connectivity index is 1.48. The molecule has 3 nitrogen and oxygen atoms in total. The number of aliphatic hydroxyl groups is 1. The molecule has 0 radical (unpaired) electrons. The average Bonchev–Trinajstić information content (AvgIpc) is 3.19. The maximum Gasteiger partial charge on any atom is 0.124 e. The van der Waals surface area contributed by atoms with Crippen LogP contribution >= 0.6 is 0 Å². The van der Waals surface area contributed by atoms with Gasteiger partial charge in [0.05, 0.1) is 12.0 Å². The van der Waals surface area contributed by atoms with Crippen molar-refractivity contribution in [1.82, 2.24) is 0 Å². The van der Waals surface area contributed by atoms with Gasteiger partial charge in [-0.25, -0.2) is 0 Å². The third kappa shape index (κ3) is 3.04. The first-order chi connectivity index (χ1) is 14.3. The van der Waals surface area contributed by atoms with Gasteiger partial charge in [0.1, 0.15) is 24.7 Å². The highest BCUT2D eigenvalue weighted by Crippen LogP contribution is 2.47. The standard InChI is InChI=1S/C26H22O3/c27-17-26(18-29-24-15-10-20-8-4-5-9-23(20)25(24)26)21-11-13-22(14-12-21)28-16-19-6-2-1-3-7-19/h1-15,27H,16-18H2/t26-/m0/s1. The number of rotatable bonds is 5. The Labute approximate surface area is 170 Å². The minimum Gasteiger partial charge on any atom is -0.492 e. The van der Waals surface area contributed by atoms with Gasteiger partial charge in [0.2, 0.25) is 0 Å². The molecule has 0 unspecified atom stereocenters. The molecule has 4 aromatic carbocycles. The highest BCUT2D eigenvalue weighted by atomic mass is 16.5. The molecule has 0 spiro atoms. The SMILES string of the molecule is OC[C@@]1(c2ccc(OCc3ccccc3)cc2)COc2ccc3ccccc3c21. The third-order valence-electron chi connectivity index (χ3n) is 5.77. The lowest BCUT2D eigenvalue weighted by Crippen LogP contribution is -2.34. The molecule has 29 heavy (non-hydrogen) atoms. The van der Waals surface area contributed by atoms with Gasteiger partial charge in [-0.15, -0.1) is 0 Å². The van der Waals surface area contributed by atoms with Gasteiger partial charge in [-0.3, -0.25) is 0 Å². The first-order valence-corrected chi connectivity index (χ1v) is 9.83. The summed E-state index contributed by atoms with van der Waals surface area (Å²) >= 11 is 0. The number of hydrogen-bond acceptors (Lipinski definition) is 3. The molecule has 1 N–H and O–H groups in total. The number of fused-ring (bicyclic) bond motifs is 3. The van der Waals surface area contributed by atoms with Crippen molar-refractivity contribution in [2.24, 2.45) is 0 Å². The Bertz CT molecular complexity index is 1140. The first-order valence-electron chi connectivity index (χ1n) is 9.83. The molecule has 0 saturated carbocycles. The summed E-state index contributed by atoms with van der Waals surface area (Å²) in [5, 5.41) is 12.8. The van der Waals surface area contributed by atoms with E-state index >= 15 is 0 Å². The lowest BCUT2D eigenvalue weighted by atomic mass is 9.75. The molecule has 5 rings (SSSR count). The minimum absolute atomic E-state index is 0.0156. The zero-order chi connectivity index (χ0) is 19.7. The van der Waals surface area contributed by atoms with E-state index in [0.29, 0.717) is 13.2 Å². The summed E-state index contributed by atoms with van der Waals surface area (Å²) in [6, 6.07) is 30.5. The number of ether oxygens (including phenoxy) is 2. The molecule has 0 amide bonds. The summed E-state index contributed by atoms with van der Waals surface area (Å²) in [6.45, 7) is 0.942. The molecule has 0 bridgehead atoms. The van der Waals surface area contributed by atoms with Gasteiger partial charge < -0.3 is 14.6 Å². The van der Waals surface area contributed by atoms with Crippen molar-refractivity contribution in [3.8, 4) is 11.5 Å². The molecule has 0 aliphatic carbocycles. The fourth-order valence-corrected chi connectivity index (χ4v) is 4.19. The van der Waals surface area contributed by atoms with E-state index in [-0.39, 0.29) is 6.61 Å². The highest BCUT2D eigenvalue weighted by Gasteiger charge is 2.43. The van der Waals surface area contributed by atoms with Crippen LogP contribution in [0.1, 0.15) is 16.7 Å². The summed E-state index contributed by atoms with van der Waals surface area (Å²) in [5.74, 6) is 1.66. The Morgan fingerprint density at radius 2 is 1.59 bits per heavy atom. The monoisotopic (exact) mass is 382 g/mol. The van der Waals surface area contributed by atoms with Gasteiger partial charge in [0.25, 0.3) is 0 Å². The van der Waals surface area contributed by atoms with Crippen molar-refractivity contribution in [2.45, 2.75) is 12.0 Å². The van der Waals surface area contributed by atoms with Gasteiger partial charge >= 0.3 is 0 Å². The second-order valence-corrected chi connectivity index (χ2v) is 7.49. The van der Waals surface area contributed by atoms with Crippen LogP contribution in [0.3, 0.4) is 0 Å². The molecule has 3 heteroatoms. The second-order valence-electron chi connectivity index (χ2n) is 7.49. The van der Waals surface area contributed by atoms with Crippen LogP contribution in [0.2, 0.25) is 0 Å². The Morgan fingerprint density at radius 1 is 0.828 bits per heavy atom. The van der Waals surface area contributed by atoms with Gasteiger partial charge in [0.15, 0.2) is 0 Å². The lowest BCUT2D eigenvalue weighted by molar-refractivity contribution is 0.185. The van der Waals surface area contributed by atoms with Crippen LogP contribution in [0, 0.1) is 0 Å². The summed E-state index contributed by atoms with van der Waals surface area (Å²) in [7, 11) is 0. The number of hydrogen-bond donors (Lipinski definition) is 1. The molecule has 0 fully saturated rings. The van der Waals surface area contributed by atoms with Crippen LogP contribution in [-0.4, -0.2) is 18.3 Å². The van der Waals surface area contributed by atoms with E-state index in [0.717, 1.165) is 39.0 Å². The van der Waals surface area contributed by atoms with E-state index in [1.807, 2.05) is 72.8 Å². The second kappa shape index (κ2) is 7.26. The van der Waals surface area contributed by atoms with Crippen molar-refractivity contribution in [1.29, 1.82) is 0 Å². The zero-order valence-electron chi connectivity index (χ0n) is 16.0. The molecular formula is C26H22O3. The average molecular weight is 382 g/mol. The molecule has 1 heterocycles. The first kappa shape index (κ1) is 17.8. The van der Waals surface area contributed by atoms with Gasteiger partial charge in [0, 0.05) is 5.56 Å². The number of benzene rings is 4. The molecule has 0 aromatic heterocycles. The minimum atomic E-state index is -0.575. The van der Waals surface area contributed by atoms with E-state index in [1.54, 1.807) is 0 Å². The third-order valence-corrected chi connectivity index (χ3v) is 5.77. The summed E-state index contributed by atoms with van der Waals surface area (Å²) < 4.78 is 11.9. The molecule has 4 aromatic rings. The zero-order valence-corrected chi connectivity index (χ0v) is 16.0. The molecular weight excluding hydrogens is 360 g/mol. The molecule has 0 saturated heterocycles. The molecule has 144 valence electrons. The smallest absolute Gasteiger partial charge is 0.124 e. The quantitative estimate of drug-likeness (QED) is 0.523. The van der Waals surface area contributed by atoms with Gasteiger partial charge in [-0.05, 0) is 40.1 Å². The van der Waals surface area contributed by atoms with Gasteiger partial charge in [-0.1, -0.05) is 72.8 Å². The van der Waals surface area contributed by atoms with E-state index in [2.05, 4.69) is 18.2 Å². The topological polar surface area (TPSA) is 38.7 Å². The van der Waals surface area contributed by atoms with E-state index in [1.165, 1.54) is 0 Å². The summed E-state index contributed by atoms with van der Waals surface area (Å²) in [4.78, 5) is 0. The molecule has 1 aliphatic rings. The van der Waals surface area contributed by atoms with Crippen molar-refractivity contribution >= 4 is 10.8 Å². The predicted molar refractivity (Wildman–Crippen MR) is 115 cm³/mol. The van der Waals surface area contributed by atoms with Crippen molar-refractivity contribution in [2.75, 3.05) is 13.2 Å². The van der Waals surface area contributed by atoms with Crippen LogP contribution in [-0.2, 0) is 12.0 Å². The normalized spacial score (nSPS) is 17.7. The van der Waals surface area contributed by atoms with E-state index < -0.39 is 5.41 Å². The van der Waals surface area contributed by atoms with Crippen molar-refractivity contribution < 1.29 is 14.6 Å². The Hall–Kier alpha value is -3.30. The Kier molecular flexibility index (Phi) is 4.45. The van der Waals surface area contributed by atoms with Crippen LogP contribution in [0.4, 0.5) is 0 Å². The predicted octanol–water partition coefficient (Wildman–Crippen LogP) is 5.09. The van der Waals surface area contributed by atoms with Crippen LogP contribution < -0.4 is 9.47 Å². The van der Waals surface area contributed by atoms with Crippen LogP contribution in [0.25, 0.3) is 10.8 Å². The van der Waals surface area contributed by atoms with Crippen LogP contribution in [0.5, 0.6) is 11.5 Å². The van der Waals surface area contributed by atoms with Gasteiger partial charge in [-0.2, -0.15) is 0 Å². The summed E-state index contributed by atoms with van der Waals surface area (Å²) in [5.41, 5.74) is 2.65. The van der Waals surface area contributed by atoms with E-state index in [4.69, 9.17) is 9.47 Å². The maximum atomic E-state index is 10.5. The largest absolute Gasteiger partial charge is 0.492 e. The molecule has 1 atom stereocenters. The fourth-order valence-electron chi connectivity index (χ4n) is 4.19. The molecule has 1 aliphatic heterocycles. The van der Waals surface area contributed by atoms with Crippen LogP contribution in [0.15, 0.2) is 91.0 Å². The lowest BCUT2D eigenvalue weighted by Gasteiger charge is -2.27. The van der Waals surface area contributed by atoms with Crippen molar-refractivity contribution in [3.63, 3.8) is 0 Å². The fraction of sp³-hybridized carbons (Fsp3) is 0.154. The van der Waals surface area contributed by atoms with E-state index in [9.17, 15) is 5.11 Å². The number of aliphatic hydroxyl groups excluding tert-OH is 1. The maximum absolute atomic E-state index is 10.5. The Morgan fingerprint density at radius 3 is 2.38 bits per heavy atom. The van der Waals surface area contributed by atoms with Crippen molar-refractivity contribution in [3.05, 3.63) is 108 Å². The highest BCUT2D eigenvalue weighted by molar-refractivity contribution is 5.90. The summed E-state index contributed by atoms with van der Waals surface area (Å²) in [6.07, 6.45) is 0.